The first-order chi connectivity index (χ1) is 19.2. The van der Waals surface area contributed by atoms with Crippen molar-refractivity contribution in [2.75, 3.05) is 0 Å². The molecule has 1 rings (SSSR count). The fourth-order valence-electron chi connectivity index (χ4n) is 5.57. The zero-order chi connectivity index (χ0) is 28.1. The van der Waals surface area contributed by atoms with Crippen molar-refractivity contribution in [1.82, 2.24) is 0 Å². The number of cyclic esters (lactones) is 1. The largest absolute Gasteiger partial charge is 0.455 e. The van der Waals surface area contributed by atoms with E-state index >= 15 is 0 Å². The van der Waals surface area contributed by atoms with Gasteiger partial charge in [0.15, 0.2) is 0 Å². The van der Waals surface area contributed by atoms with Gasteiger partial charge in [0.05, 0.1) is 0 Å². The molecule has 0 saturated heterocycles. The zero-order valence-electron chi connectivity index (χ0n) is 26.4. The molecule has 39 heavy (non-hydrogen) atoms. The molecule has 0 aromatic carbocycles. The average Bonchev–Trinajstić information content (AvgIpc) is 3.26. The van der Waals surface area contributed by atoms with Gasteiger partial charge in [0.1, 0.15) is 6.10 Å². The third kappa shape index (κ3) is 24.2. The SMILES string of the molecule is CCCCCCCCCCCCCC/C=C/CC/C=C/CCCCCCCCCCCCC1=CC(C)OC1=O. The smallest absolute Gasteiger partial charge is 0.334 e. The van der Waals surface area contributed by atoms with Crippen LogP contribution in [0.2, 0.25) is 0 Å². The lowest BCUT2D eigenvalue weighted by Crippen LogP contribution is -2.03. The molecule has 1 atom stereocenters. The molecule has 0 aliphatic carbocycles. The summed E-state index contributed by atoms with van der Waals surface area (Å²) in [5.41, 5.74) is 0.898. The predicted molar refractivity (Wildman–Crippen MR) is 172 cm³/mol. The number of carbonyl (C=O) groups excluding carboxylic acids is 1. The number of carbonyl (C=O) groups is 1. The lowest BCUT2D eigenvalue weighted by atomic mass is 10.0. The molecule has 0 radical (unpaired) electrons. The van der Waals surface area contributed by atoms with Crippen LogP contribution in [0.15, 0.2) is 36.0 Å². The van der Waals surface area contributed by atoms with Gasteiger partial charge < -0.3 is 4.74 Å². The van der Waals surface area contributed by atoms with Crippen LogP contribution in [0.4, 0.5) is 0 Å². The number of allylic oxidation sites excluding steroid dienone is 4. The van der Waals surface area contributed by atoms with E-state index in [4.69, 9.17) is 4.74 Å². The van der Waals surface area contributed by atoms with Crippen molar-refractivity contribution in [2.24, 2.45) is 0 Å². The Morgan fingerprint density at radius 2 is 0.897 bits per heavy atom. The van der Waals surface area contributed by atoms with Gasteiger partial charge in [0, 0.05) is 5.57 Å². The van der Waals surface area contributed by atoms with Crippen molar-refractivity contribution in [1.29, 1.82) is 0 Å². The van der Waals surface area contributed by atoms with Crippen LogP contribution in [0.5, 0.6) is 0 Å². The number of hydrogen-bond donors (Lipinski definition) is 0. The van der Waals surface area contributed by atoms with E-state index in [1.54, 1.807) is 0 Å². The Morgan fingerprint density at radius 1 is 0.538 bits per heavy atom. The highest BCUT2D eigenvalue weighted by Gasteiger charge is 2.21. The van der Waals surface area contributed by atoms with Crippen molar-refractivity contribution in [3.05, 3.63) is 36.0 Å². The van der Waals surface area contributed by atoms with Crippen LogP contribution in [0.25, 0.3) is 0 Å². The van der Waals surface area contributed by atoms with Gasteiger partial charge in [-0.25, -0.2) is 4.79 Å². The van der Waals surface area contributed by atoms with E-state index < -0.39 is 0 Å². The number of esters is 1. The second-order valence-electron chi connectivity index (χ2n) is 12.1. The van der Waals surface area contributed by atoms with Crippen LogP contribution >= 0.6 is 0 Å². The summed E-state index contributed by atoms with van der Waals surface area (Å²) in [7, 11) is 0. The number of unbranched alkanes of at least 4 members (excludes halogenated alkanes) is 23. The molecule has 2 nitrogen and oxygen atoms in total. The molecule has 0 fully saturated rings. The van der Waals surface area contributed by atoms with E-state index in [9.17, 15) is 4.79 Å². The van der Waals surface area contributed by atoms with Gasteiger partial charge in [0.2, 0.25) is 0 Å². The monoisotopic (exact) mass is 543 g/mol. The summed E-state index contributed by atoms with van der Waals surface area (Å²) in [5, 5.41) is 0. The van der Waals surface area contributed by atoms with Crippen molar-refractivity contribution in [2.45, 2.75) is 193 Å². The maximum Gasteiger partial charge on any atom is 0.334 e. The predicted octanol–water partition coefficient (Wildman–Crippen LogP) is 12.5. The van der Waals surface area contributed by atoms with Crippen LogP contribution < -0.4 is 0 Å². The summed E-state index contributed by atoms with van der Waals surface area (Å²) in [6.07, 6.45) is 47.9. The summed E-state index contributed by atoms with van der Waals surface area (Å²) in [5.74, 6) is -0.0921. The summed E-state index contributed by atoms with van der Waals surface area (Å²) in [6.45, 7) is 4.23. The number of ether oxygens (including phenoxy) is 1. The molecule has 1 heterocycles. The van der Waals surface area contributed by atoms with Crippen LogP contribution in [0.1, 0.15) is 187 Å². The average molecular weight is 543 g/mol. The molecule has 2 heteroatoms. The fraction of sp³-hybridized carbons (Fsp3) is 0.811. The molecule has 0 spiro atoms. The first kappa shape index (κ1) is 35.7. The quantitative estimate of drug-likeness (QED) is 0.0533. The van der Waals surface area contributed by atoms with Crippen LogP contribution in [0.3, 0.4) is 0 Å². The van der Waals surface area contributed by atoms with Crippen molar-refractivity contribution >= 4 is 5.97 Å². The molecular formula is C37H66O2. The molecule has 0 bridgehead atoms. The molecule has 0 aromatic heterocycles. The molecule has 1 unspecified atom stereocenters. The van der Waals surface area contributed by atoms with Gasteiger partial charge in [-0.1, -0.05) is 153 Å². The first-order valence-corrected chi connectivity index (χ1v) is 17.5. The summed E-state index contributed by atoms with van der Waals surface area (Å²) >= 11 is 0. The molecule has 1 aliphatic heterocycles. The molecule has 0 N–H and O–H groups in total. The van der Waals surface area contributed by atoms with E-state index in [1.807, 2.05) is 13.0 Å². The highest BCUT2D eigenvalue weighted by molar-refractivity contribution is 5.90. The van der Waals surface area contributed by atoms with Gasteiger partial charge in [-0.05, 0) is 64.4 Å². The van der Waals surface area contributed by atoms with Gasteiger partial charge in [-0.15, -0.1) is 0 Å². The molecular weight excluding hydrogens is 476 g/mol. The topological polar surface area (TPSA) is 26.3 Å². The Balaban J connectivity index is 1.71. The Labute approximate surface area is 244 Å². The minimum absolute atomic E-state index is 0.0190. The maximum atomic E-state index is 11.6. The zero-order valence-corrected chi connectivity index (χ0v) is 26.4. The fourth-order valence-corrected chi connectivity index (χ4v) is 5.57. The molecule has 1 aliphatic rings. The van der Waals surface area contributed by atoms with Crippen molar-refractivity contribution < 1.29 is 9.53 Å². The third-order valence-electron chi connectivity index (χ3n) is 8.12. The lowest BCUT2D eigenvalue weighted by molar-refractivity contribution is -0.139. The molecule has 0 amide bonds. The van der Waals surface area contributed by atoms with Crippen LogP contribution in [0, 0.1) is 0 Å². The van der Waals surface area contributed by atoms with Crippen LogP contribution in [-0.2, 0) is 9.53 Å². The van der Waals surface area contributed by atoms with Gasteiger partial charge >= 0.3 is 5.97 Å². The summed E-state index contributed by atoms with van der Waals surface area (Å²) < 4.78 is 5.15. The Kier molecular flexibility index (Phi) is 25.9. The Morgan fingerprint density at radius 3 is 1.28 bits per heavy atom. The van der Waals surface area contributed by atoms with Gasteiger partial charge in [-0.3, -0.25) is 0 Å². The van der Waals surface area contributed by atoms with E-state index in [0.29, 0.717) is 0 Å². The van der Waals surface area contributed by atoms with Gasteiger partial charge in [-0.2, -0.15) is 0 Å². The molecule has 0 saturated carbocycles. The second kappa shape index (κ2) is 28.2. The number of hydrogen-bond acceptors (Lipinski definition) is 2. The Bertz CT molecular complexity index is 629. The minimum Gasteiger partial charge on any atom is -0.455 e. The third-order valence-corrected chi connectivity index (χ3v) is 8.12. The maximum absolute atomic E-state index is 11.6. The summed E-state index contributed by atoms with van der Waals surface area (Å²) in [6, 6.07) is 0. The standard InChI is InChI=1S/C37H66O2/c1-3-4-5-6-7-8-9-10-11-12-13-14-15-16-17-18-19-20-21-22-23-24-25-26-27-28-29-30-31-32-33-36-34-35(2)39-37(36)38/h16-17,20-21,34-35H,3-15,18-19,22-33H2,1-2H3/b17-16+,21-20+. The normalized spacial score (nSPS) is 15.6. The minimum atomic E-state index is -0.0921. The van der Waals surface area contributed by atoms with Crippen molar-refractivity contribution in [3.63, 3.8) is 0 Å². The second-order valence-corrected chi connectivity index (χ2v) is 12.1. The van der Waals surface area contributed by atoms with E-state index in [-0.39, 0.29) is 12.1 Å². The van der Waals surface area contributed by atoms with Crippen molar-refractivity contribution in [3.8, 4) is 0 Å². The van der Waals surface area contributed by atoms with E-state index in [0.717, 1.165) is 18.4 Å². The molecule has 226 valence electrons. The highest BCUT2D eigenvalue weighted by Crippen LogP contribution is 2.20. The lowest BCUT2D eigenvalue weighted by Gasteiger charge is -2.03. The van der Waals surface area contributed by atoms with E-state index in [1.165, 1.54) is 161 Å². The van der Waals surface area contributed by atoms with E-state index in [2.05, 4.69) is 31.2 Å². The van der Waals surface area contributed by atoms with Gasteiger partial charge in [0.25, 0.3) is 0 Å². The highest BCUT2D eigenvalue weighted by atomic mass is 16.5. The van der Waals surface area contributed by atoms with Crippen LogP contribution in [-0.4, -0.2) is 12.1 Å². The number of rotatable bonds is 29. The summed E-state index contributed by atoms with van der Waals surface area (Å²) in [4.78, 5) is 11.6. The Hall–Kier alpha value is -1.31. The molecule has 0 aromatic rings. The first-order valence-electron chi connectivity index (χ1n) is 17.5.